The molecule has 0 atom stereocenters. The first-order chi connectivity index (χ1) is 8.43. The van der Waals surface area contributed by atoms with E-state index in [-0.39, 0.29) is 17.9 Å². The standard InChI is InChI=1S/C13H18N4O/c1-13(2,3)17-11-5-7-16(12(18)4-6-14)9-10(11)8-15-17/h8H,4-5,7,9H2,1-3H3. The lowest BCUT2D eigenvalue weighted by Crippen LogP contribution is -2.37. The predicted octanol–water partition coefficient (Wildman–Crippen LogP) is 1.44. The maximum atomic E-state index is 11.7. The molecule has 0 fully saturated rings. The summed E-state index contributed by atoms with van der Waals surface area (Å²) in [5, 5.41) is 13.0. The van der Waals surface area contributed by atoms with E-state index in [1.54, 1.807) is 4.90 Å². The number of nitriles is 1. The van der Waals surface area contributed by atoms with Gasteiger partial charge in [-0.1, -0.05) is 0 Å². The fourth-order valence-corrected chi connectivity index (χ4v) is 2.30. The van der Waals surface area contributed by atoms with Gasteiger partial charge in [-0.25, -0.2) is 0 Å². The van der Waals surface area contributed by atoms with Crippen LogP contribution in [0.3, 0.4) is 0 Å². The van der Waals surface area contributed by atoms with Gasteiger partial charge >= 0.3 is 0 Å². The van der Waals surface area contributed by atoms with Gasteiger partial charge in [-0.05, 0) is 20.8 Å². The lowest BCUT2D eigenvalue weighted by atomic mass is 10.0. The molecule has 5 nitrogen and oxygen atoms in total. The second-order valence-corrected chi connectivity index (χ2v) is 5.60. The number of fused-ring (bicyclic) bond motifs is 1. The summed E-state index contributed by atoms with van der Waals surface area (Å²) in [6, 6.07) is 1.91. The molecule has 0 bridgehead atoms. The Morgan fingerprint density at radius 2 is 2.28 bits per heavy atom. The third-order valence-corrected chi connectivity index (χ3v) is 3.15. The minimum Gasteiger partial charge on any atom is -0.337 e. The van der Waals surface area contributed by atoms with E-state index in [1.807, 2.05) is 16.9 Å². The molecule has 1 amide bonds. The van der Waals surface area contributed by atoms with Crippen LogP contribution in [0.4, 0.5) is 0 Å². The van der Waals surface area contributed by atoms with Crippen LogP contribution >= 0.6 is 0 Å². The number of hydrogen-bond acceptors (Lipinski definition) is 3. The number of aromatic nitrogens is 2. The molecule has 0 N–H and O–H groups in total. The molecule has 0 spiro atoms. The van der Waals surface area contributed by atoms with E-state index >= 15 is 0 Å². The zero-order chi connectivity index (χ0) is 13.3. The molecule has 0 radical (unpaired) electrons. The second kappa shape index (κ2) is 4.45. The van der Waals surface area contributed by atoms with Gasteiger partial charge in [0.2, 0.25) is 5.91 Å². The summed E-state index contributed by atoms with van der Waals surface area (Å²) in [6.45, 7) is 7.61. The molecule has 0 aromatic carbocycles. The first kappa shape index (κ1) is 12.6. The van der Waals surface area contributed by atoms with E-state index < -0.39 is 0 Å². The summed E-state index contributed by atoms with van der Waals surface area (Å²) in [4.78, 5) is 13.4. The Bertz CT molecular complexity index is 504. The van der Waals surface area contributed by atoms with Crippen molar-refractivity contribution in [2.24, 2.45) is 0 Å². The molecule has 0 saturated carbocycles. The second-order valence-electron chi connectivity index (χ2n) is 5.60. The molecular weight excluding hydrogens is 228 g/mol. The van der Waals surface area contributed by atoms with Gasteiger partial charge in [0.15, 0.2) is 0 Å². The van der Waals surface area contributed by atoms with Crippen LogP contribution in [0.25, 0.3) is 0 Å². The van der Waals surface area contributed by atoms with Crippen molar-refractivity contribution in [2.45, 2.75) is 45.7 Å². The van der Waals surface area contributed by atoms with Gasteiger partial charge in [-0.2, -0.15) is 10.4 Å². The van der Waals surface area contributed by atoms with Gasteiger partial charge in [0, 0.05) is 30.8 Å². The lowest BCUT2D eigenvalue weighted by Gasteiger charge is -2.29. The smallest absolute Gasteiger partial charge is 0.237 e. The molecule has 1 aliphatic heterocycles. The van der Waals surface area contributed by atoms with Gasteiger partial charge in [0.1, 0.15) is 6.42 Å². The number of hydrogen-bond donors (Lipinski definition) is 0. The zero-order valence-electron chi connectivity index (χ0n) is 11.1. The quantitative estimate of drug-likeness (QED) is 0.753. The summed E-state index contributed by atoms with van der Waals surface area (Å²) in [6.07, 6.45) is 2.61. The summed E-state index contributed by atoms with van der Waals surface area (Å²) in [5.74, 6) is -0.0911. The molecule has 2 heterocycles. The first-order valence-electron chi connectivity index (χ1n) is 6.14. The first-order valence-corrected chi connectivity index (χ1v) is 6.14. The largest absolute Gasteiger partial charge is 0.337 e. The van der Waals surface area contributed by atoms with E-state index in [1.165, 1.54) is 5.69 Å². The Morgan fingerprint density at radius 3 is 2.89 bits per heavy atom. The average Bonchev–Trinajstić information content (AvgIpc) is 2.71. The number of carbonyl (C=O) groups excluding carboxylic acids is 1. The highest BCUT2D eigenvalue weighted by Gasteiger charge is 2.27. The van der Waals surface area contributed by atoms with Crippen molar-refractivity contribution in [2.75, 3.05) is 6.54 Å². The number of rotatable bonds is 1. The molecule has 18 heavy (non-hydrogen) atoms. The van der Waals surface area contributed by atoms with Crippen molar-refractivity contribution in [3.05, 3.63) is 17.5 Å². The van der Waals surface area contributed by atoms with Crippen LogP contribution in [0.2, 0.25) is 0 Å². The fourth-order valence-electron chi connectivity index (χ4n) is 2.30. The van der Waals surface area contributed by atoms with Crippen molar-refractivity contribution in [3.63, 3.8) is 0 Å². The highest BCUT2D eigenvalue weighted by molar-refractivity contribution is 5.78. The highest BCUT2D eigenvalue weighted by Crippen LogP contribution is 2.24. The maximum absolute atomic E-state index is 11.7. The van der Waals surface area contributed by atoms with Crippen LogP contribution < -0.4 is 0 Å². The average molecular weight is 246 g/mol. The molecule has 1 aromatic heterocycles. The minimum absolute atomic E-state index is 0.0353. The monoisotopic (exact) mass is 246 g/mol. The molecular formula is C13H18N4O. The summed E-state index contributed by atoms with van der Waals surface area (Å²) >= 11 is 0. The van der Waals surface area contributed by atoms with E-state index in [9.17, 15) is 4.79 Å². The van der Waals surface area contributed by atoms with Crippen LogP contribution in [-0.2, 0) is 23.3 Å². The molecule has 96 valence electrons. The summed E-state index contributed by atoms with van der Waals surface area (Å²) in [7, 11) is 0. The van der Waals surface area contributed by atoms with Crippen molar-refractivity contribution in [3.8, 4) is 6.07 Å². The summed E-state index contributed by atoms with van der Waals surface area (Å²) in [5.41, 5.74) is 2.28. The van der Waals surface area contributed by atoms with Crippen LogP contribution in [0, 0.1) is 11.3 Å². The Morgan fingerprint density at radius 1 is 1.56 bits per heavy atom. The van der Waals surface area contributed by atoms with Crippen molar-refractivity contribution in [1.82, 2.24) is 14.7 Å². The Balaban J connectivity index is 2.20. The number of amides is 1. The third kappa shape index (κ3) is 2.23. The molecule has 5 heteroatoms. The normalized spacial score (nSPS) is 15.1. The van der Waals surface area contributed by atoms with E-state index in [2.05, 4.69) is 25.9 Å². The molecule has 0 aliphatic carbocycles. The minimum atomic E-state index is -0.0911. The van der Waals surface area contributed by atoms with Crippen LogP contribution in [-0.4, -0.2) is 27.1 Å². The molecule has 1 aliphatic rings. The van der Waals surface area contributed by atoms with Gasteiger partial charge < -0.3 is 4.90 Å². The molecule has 1 aromatic rings. The number of carbonyl (C=O) groups is 1. The van der Waals surface area contributed by atoms with E-state index in [4.69, 9.17) is 5.26 Å². The van der Waals surface area contributed by atoms with Gasteiger partial charge in [-0.3, -0.25) is 9.48 Å². The van der Waals surface area contributed by atoms with Gasteiger partial charge in [0.05, 0.1) is 17.8 Å². The van der Waals surface area contributed by atoms with Crippen LogP contribution in [0.5, 0.6) is 0 Å². The third-order valence-electron chi connectivity index (χ3n) is 3.15. The Kier molecular flexibility index (Phi) is 3.12. The van der Waals surface area contributed by atoms with Crippen molar-refractivity contribution in [1.29, 1.82) is 5.26 Å². The Labute approximate surface area is 107 Å². The van der Waals surface area contributed by atoms with Crippen molar-refractivity contribution < 1.29 is 4.79 Å². The van der Waals surface area contributed by atoms with Gasteiger partial charge in [0.25, 0.3) is 0 Å². The highest BCUT2D eigenvalue weighted by atomic mass is 16.2. The van der Waals surface area contributed by atoms with E-state index in [0.717, 1.165) is 12.0 Å². The lowest BCUT2D eigenvalue weighted by molar-refractivity contribution is -0.131. The molecule has 0 saturated heterocycles. The SMILES string of the molecule is CC(C)(C)n1ncc2c1CCN(C(=O)CC#N)C2. The summed E-state index contributed by atoms with van der Waals surface area (Å²) < 4.78 is 2.04. The topological polar surface area (TPSA) is 61.9 Å². The van der Waals surface area contributed by atoms with Crippen LogP contribution in [0.1, 0.15) is 38.4 Å². The number of nitrogens with zero attached hydrogens (tertiary/aromatic N) is 4. The molecule has 0 unspecified atom stereocenters. The Hall–Kier alpha value is -1.83. The van der Waals surface area contributed by atoms with Gasteiger partial charge in [-0.15, -0.1) is 0 Å². The van der Waals surface area contributed by atoms with Crippen molar-refractivity contribution >= 4 is 5.91 Å². The van der Waals surface area contributed by atoms with E-state index in [0.29, 0.717) is 13.1 Å². The maximum Gasteiger partial charge on any atom is 0.237 e. The molecule has 2 rings (SSSR count). The van der Waals surface area contributed by atoms with Crippen LogP contribution in [0.15, 0.2) is 6.20 Å². The fraction of sp³-hybridized carbons (Fsp3) is 0.615. The predicted molar refractivity (Wildman–Crippen MR) is 66.6 cm³/mol. The zero-order valence-corrected chi connectivity index (χ0v) is 11.1.